The van der Waals surface area contributed by atoms with E-state index < -0.39 is 5.82 Å². The Morgan fingerprint density at radius 1 is 1.19 bits per heavy atom. The molecule has 0 spiro atoms. The average molecular weight is 518 g/mol. The lowest BCUT2D eigenvalue weighted by Gasteiger charge is -2.62. The molecular formula is C29H41ClFN3O2. The van der Waals surface area contributed by atoms with Crippen molar-refractivity contribution in [1.29, 1.82) is 5.53 Å². The minimum Gasteiger partial charge on any atom is -0.384 e. The van der Waals surface area contributed by atoms with Crippen molar-refractivity contribution in [1.82, 2.24) is 0 Å². The lowest BCUT2D eigenvalue weighted by atomic mass is 9.44. The Labute approximate surface area is 219 Å². The Balaban J connectivity index is 1.32. The van der Waals surface area contributed by atoms with Gasteiger partial charge in [0.25, 0.3) is 0 Å². The van der Waals surface area contributed by atoms with Crippen LogP contribution in [-0.2, 0) is 9.53 Å². The first-order chi connectivity index (χ1) is 17.2. The fourth-order valence-electron chi connectivity index (χ4n) is 9.44. The van der Waals surface area contributed by atoms with Crippen LogP contribution in [0.3, 0.4) is 0 Å². The molecule has 0 aromatic heterocycles. The van der Waals surface area contributed by atoms with Gasteiger partial charge in [0.15, 0.2) is 11.6 Å². The second-order valence-corrected chi connectivity index (χ2v) is 13.0. The summed E-state index contributed by atoms with van der Waals surface area (Å²) in [6.07, 6.45) is 10.9. The molecular weight excluding hydrogens is 477 g/mol. The van der Waals surface area contributed by atoms with Crippen molar-refractivity contribution in [2.75, 3.05) is 25.6 Å². The van der Waals surface area contributed by atoms with E-state index in [-0.39, 0.29) is 34.4 Å². The van der Waals surface area contributed by atoms with Gasteiger partial charge in [0, 0.05) is 13.0 Å². The smallest absolute Gasteiger partial charge is 0.171 e. The molecule has 4 saturated carbocycles. The van der Waals surface area contributed by atoms with Crippen LogP contribution in [0, 0.1) is 57.7 Å². The van der Waals surface area contributed by atoms with E-state index in [0.717, 1.165) is 37.7 Å². The third kappa shape index (κ3) is 4.11. The number of anilines is 1. The molecule has 2 N–H and O–H groups in total. The number of rotatable bonds is 7. The Morgan fingerprint density at radius 2 is 2.00 bits per heavy atom. The summed E-state index contributed by atoms with van der Waals surface area (Å²) < 4.78 is 20.2. The van der Waals surface area contributed by atoms with Crippen LogP contribution in [0.4, 0.5) is 15.8 Å². The van der Waals surface area contributed by atoms with Gasteiger partial charge in [0.05, 0.1) is 23.9 Å². The lowest BCUT2D eigenvalue weighted by Crippen LogP contribution is -2.56. The monoisotopic (exact) mass is 517 g/mol. The van der Waals surface area contributed by atoms with Crippen molar-refractivity contribution >= 4 is 28.8 Å². The van der Waals surface area contributed by atoms with Crippen molar-refractivity contribution in [2.45, 2.75) is 71.6 Å². The van der Waals surface area contributed by atoms with Gasteiger partial charge in [-0.25, -0.2) is 9.92 Å². The van der Waals surface area contributed by atoms with Crippen LogP contribution >= 0.6 is 11.6 Å². The zero-order valence-corrected chi connectivity index (χ0v) is 22.7. The minimum atomic E-state index is -0.729. The van der Waals surface area contributed by atoms with E-state index in [0.29, 0.717) is 28.9 Å². The number of hydrogen-bond acceptors (Lipinski definition) is 5. The molecule has 4 aliphatic carbocycles. The van der Waals surface area contributed by atoms with Crippen molar-refractivity contribution in [3.63, 3.8) is 0 Å². The number of carbonyl (C=O) groups is 1. The fraction of sp³-hybridized carbons (Fsp3) is 0.759. The summed E-state index contributed by atoms with van der Waals surface area (Å²) in [5.74, 6) is 3.08. The van der Waals surface area contributed by atoms with E-state index in [9.17, 15) is 9.18 Å². The average Bonchev–Trinajstić information content (AvgIpc) is 3.22. The predicted molar refractivity (Wildman–Crippen MR) is 140 cm³/mol. The Kier molecular flexibility index (Phi) is 7.23. The largest absolute Gasteiger partial charge is 0.384 e. The predicted octanol–water partition coefficient (Wildman–Crippen LogP) is 8.04. The van der Waals surface area contributed by atoms with Crippen molar-refractivity contribution < 1.29 is 13.9 Å². The summed E-state index contributed by atoms with van der Waals surface area (Å²) in [5.41, 5.74) is 7.87. The third-order valence-corrected chi connectivity index (χ3v) is 11.4. The summed E-state index contributed by atoms with van der Waals surface area (Å²) in [6.45, 7) is 5.80. The van der Waals surface area contributed by atoms with Gasteiger partial charge in [-0.1, -0.05) is 31.9 Å². The summed E-state index contributed by atoms with van der Waals surface area (Å²) >= 11 is 5.84. The van der Waals surface area contributed by atoms with E-state index in [1.54, 1.807) is 6.07 Å². The number of Topliss-reactive ketones (excluding diaryl/α,β-unsaturated/α-hetero) is 1. The van der Waals surface area contributed by atoms with Crippen LogP contribution in [0.5, 0.6) is 0 Å². The molecule has 198 valence electrons. The van der Waals surface area contributed by atoms with Gasteiger partial charge < -0.3 is 10.1 Å². The molecule has 7 heteroatoms. The molecule has 0 heterocycles. The van der Waals surface area contributed by atoms with Crippen molar-refractivity contribution in [2.24, 2.45) is 51.5 Å². The molecule has 5 rings (SSSR count). The normalized spacial score (nSPS) is 39.6. The zero-order chi connectivity index (χ0) is 25.7. The van der Waals surface area contributed by atoms with Gasteiger partial charge in [0.2, 0.25) is 0 Å². The van der Waals surface area contributed by atoms with Crippen LogP contribution in [0.15, 0.2) is 17.2 Å². The van der Waals surface area contributed by atoms with Gasteiger partial charge in [-0.05, 0) is 104 Å². The lowest BCUT2D eigenvalue weighted by molar-refractivity contribution is -0.154. The van der Waals surface area contributed by atoms with Crippen molar-refractivity contribution in [3.8, 4) is 0 Å². The second kappa shape index (κ2) is 9.98. The molecule has 0 bridgehead atoms. The molecule has 3 unspecified atom stereocenters. The van der Waals surface area contributed by atoms with E-state index in [1.165, 1.54) is 44.6 Å². The van der Waals surface area contributed by atoms with E-state index in [1.807, 2.05) is 7.11 Å². The number of benzene rings is 1. The van der Waals surface area contributed by atoms with Gasteiger partial charge >= 0.3 is 0 Å². The summed E-state index contributed by atoms with van der Waals surface area (Å²) in [7, 11) is 1.88. The first-order valence-electron chi connectivity index (χ1n) is 13.9. The maximum atomic E-state index is 14.3. The Hall–Kier alpha value is -1.53. The molecule has 1 aromatic rings. The first-order valence-corrected chi connectivity index (χ1v) is 14.2. The topological polar surface area (TPSA) is 74.5 Å². The minimum absolute atomic E-state index is 0.0203. The molecule has 0 aliphatic heterocycles. The zero-order valence-electron chi connectivity index (χ0n) is 21.9. The van der Waals surface area contributed by atoms with E-state index in [4.69, 9.17) is 21.9 Å². The highest BCUT2D eigenvalue weighted by Gasteiger charge is 2.62. The highest BCUT2D eigenvalue weighted by Crippen LogP contribution is 2.68. The van der Waals surface area contributed by atoms with Gasteiger partial charge in [-0.2, -0.15) is 5.11 Å². The summed E-state index contributed by atoms with van der Waals surface area (Å²) in [6, 6.07) is 3.03. The quantitative estimate of drug-likeness (QED) is 0.359. The molecule has 36 heavy (non-hydrogen) atoms. The summed E-state index contributed by atoms with van der Waals surface area (Å²) in [4.78, 5) is 13.5. The molecule has 8 atom stereocenters. The number of nitrogens with one attached hydrogen (secondary N) is 2. The Bertz CT molecular complexity index is 1020. The second-order valence-electron chi connectivity index (χ2n) is 12.6. The fourth-order valence-corrected chi connectivity index (χ4v) is 9.59. The number of nitrogens with zero attached hydrogens (tertiary/aromatic N) is 1. The molecule has 1 aromatic carbocycles. The molecule has 0 amide bonds. The maximum absolute atomic E-state index is 14.3. The standard InChI is InChI=1S/C29H41ClFN3O2/c1-17-10-13-29(16-36-3)18(14-17)4-5-19-20-6-7-22(28(20,2)12-11-21(19)29)25(35)15-33-24-9-8-23(30)26(31)27(24)34-32/h8-9,17-22,32-33H,4-7,10-16H2,1-3H3/t17-,18?,19-,20?,21?,22+,28-,29+/m0/s1. The number of ether oxygens (including phenoxy) is 1. The molecule has 4 fully saturated rings. The van der Waals surface area contributed by atoms with Crippen LogP contribution in [0.25, 0.3) is 0 Å². The van der Waals surface area contributed by atoms with Gasteiger partial charge in [-0.3, -0.25) is 4.79 Å². The van der Waals surface area contributed by atoms with Gasteiger partial charge in [-0.15, -0.1) is 0 Å². The van der Waals surface area contributed by atoms with Crippen LogP contribution < -0.4 is 5.32 Å². The number of hydrogen-bond donors (Lipinski definition) is 2. The molecule has 4 aliphatic rings. The van der Waals surface area contributed by atoms with E-state index >= 15 is 0 Å². The van der Waals surface area contributed by atoms with Crippen LogP contribution in [0.1, 0.15) is 71.6 Å². The summed E-state index contributed by atoms with van der Waals surface area (Å²) in [5, 5.41) is 6.29. The van der Waals surface area contributed by atoms with Crippen LogP contribution in [-0.4, -0.2) is 26.0 Å². The first kappa shape index (κ1) is 26.1. The number of halogens is 2. The number of fused-ring (bicyclic) bond motifs is 5. The number of carbonyl (C=O) groups excluding carboxylic acids is 1. The SMILES string of the molecule is COC[C@]12CC[C@H](C)CC1CC[C@@H]1C2CC[C@@]2(C)C1CC[C@@H]2C(=O)CNc1ccc(Cl)c(F)c1N=N. The van der Waals surface area contributed by atoms with Crippen molar-refractivity contribution in [3.05, 3.63) is 23.0 Å². The molecule has 0 saturated heterocycles. The number of methoxy groups -OCH3 is 1. The van der Waals surface area contributed by atoms with Gasteiger partial charge in [0.1, 0.15) is 5.69 Å². The third-order valence-electron chi connectivity index (χ3n) is 11.1. The van der Waals surface area contributed by atoms with E-state index in [2.05, 4.69) is 24.3 Å². The highest BCUT2D eigenvalue weighted by atomic mass is 35.5. The Morgan fingerprint density at radius 3 is 2.75 bits per heavy atom. The number of ketones is 1. The van der Waals surface area contributed by atoms with Crippen LogP contribution in [0.2, 0.25) is 5.02 Å². The highest BCUT2D eigenvalue weighted by molar-refractivity contribution is 6.31. The molecule has 5 nitrogen and oxygen atoms in total. The maximum Gasteiger partial charge on any atom is 0.171 e. The molecule has 0 radical (unpaired) electrons.